The molecule has 0 spiro atoms. The second-order valence-electron chi connectivity index (χ2n) is 7.64. The van der Waals surface area contributed by atoms with Gasteiger partial charge in [0.2, 0.25) is 5.95 Å². The minimum atomic E-state index is -0.538. The number of morpholine rings is 1. The molecule has 0 radical (unpaired) electrons. The first-order valence-corrected chi connectivity index (χ1v) is 10.9. The van der Waals surface area contributed by atoms with Gasteiger partial charge in [-0.2, -0.15) is 10.1 Å². The van der Waals surface area contributed by atoms with Crippen LogP contribution in [-0.4, -0.2) is 57.4 Å². The summed E-state index contributed by atoms with van der Waals surface area (Å²) in [7, 11) is 0. The number of rotatable bonds is 7. The van der Waals surface area contributed by atoms with Gasteiger partial charge in [0.25, 0.3) is 5.91 Å². The van der Waals surface area contributed by atoms with Crippen molar-refractivity contribution in [2.24, 2.45) is 0 Å². The molecule has 12 heteroatoms. The van der Waals surface area contributed by atoms with Crippen LogP contribution in [-0.2, 0) is 4.74 Å². The molecule has 1 saturated heterocycles. The van der Waals surface area contributed by atoms with Gasteiger partial charge in [0.05, 0.1) is 37.0 Å². The molecule has 1 aliphatic heterocycles. The van der Waals surface area contributed by atoms with E-state index < -0.39 is 11.7 Å². The van der Waals surface area contributed by atoms with E-state index in [0.717, 1.165) is 28.8 Å². The third-order valence-electron chi connectivity index (χ3n) is 5.29. The third-order valence-corrected chi connectivity index (χ3v) is 5.29. The summed E-state index contributed by atoms with van der Waals surface area (Å²) >= 11 is 0. The number of hydrogen-bond donors (Lipinski definition) is 4. The van der Waals surface area contributed by atoms with Crippen LogP contribution in [0.1, 0.15) is 10.5 Å². The van der Waals surface area contributed by atoms with Crippen LogP contribution in [0.25, 0.3) is 11.3 Å². The zero-order valence-corrected chi connectivity index (χ0v) is 18.5. The number of carbonyl (C=O) groups is 1. The highest BCUT2D eigenvalue weighted by Gasteiger charge is 2.18. The van der Waals surface area contributed by atoms with Crippen LogP contribution in [0.3, 0.4) is 0 Å². The predicted molar refractivity (Wildman–Crippen MR) is 128 cm³/mol. The summed E-state index contributed by atoms with van der Waals surface area (Å²) in [6.45, 7) is 2.04. The standard InChI is InChI=1S/C23H22FN9O2/c24-18-14-26-23(29-21(18)33-9-11-35-12-10-33)32-31-22(34)20-6-5-17(13-25-20)28-16-3-1-15(2-4-16)19-7-8-27-30-19/h1-8,13-14,28H,9-12H2,(H,27,30)(H,31,34)(H,26,29,32). The fourth-order valence-electron chi connectivity index (χ4n) is 3.51. The maximum Gasteiger partial charge on any atom is 0.288 e. The van der Waals surface area contributed by atoms with Crippen molar-refractivity contribution in [1.82, 2.24) is 30.6 Å². The number of ether oxygens (including phenoxy) is 1. The second kappa shape index (κ2) is 10.1. The average molecular weight is 475 g/mol. The van der Waals surface area contributed by atoms with Gasteiger partial charge in [-0.3, -0.25) is 20.7 Å². The van der Waals surface area contributed by atoms with Gasteiger partial charge in [-0.15, -0.1) is 0 Å². The summed E-state index contributed by atoms with van der Waals surface area (Å²) in [4.78, 5) is 26.5. The van der Waals surface area contributed by atoms with E-state index in [9.17, 15) is 9.18 Å². The predicted octanol–water partition coefficient (Wildman–Crippen LogP) is 2.74. The van der Waals surface area contributed by atoms with Crippen molar-refractivity contribution in [2.45, 2.75) is 0 Å². The first-order chi connectivity index (χ1) is 17.2. The molecule has 0 unspecified atom stereocenters. The van der Waals surface area contributed by atoms with Gasteiger partial charge in [-0.05, 0) is 30.3 Å². The monoisotopic (exact) mass is 475 g/mol. The van der Waals surface area contributed by atoms with Gasteiger partial charge < -0.3 is 15.0 Å². The molecule has 1 aromatic carbocycles. The maximum atomic E-state index is 14.2. The highest BCUT2D eigenvalue weighted by molar-refractivity contribution is 5.93. The van der Waals surface area contributed by atoms with Crippen molar-refractivity contribution in [3.63, 3.8) is 0 Å². The number of benzene rings is 1. The summed E-state index contributed by atoms with van der Waals surface area (Å²) in [6, 6.07) is 13.0. The minimum Gasteiger partial charge on any atom is -0.378 e. The molecule has 1 aliphatic rings. The third kappa shape index (κ3) is 5.33. The molecule has 178 valence electrons. The van der Waals surface area contributed by atoms with Crippen LogP contribution >= 0.6 is 0 Å². The van der Waals surface area contributed by atoms with Crippen molar-refractivity contribution in [2.75, 3.05) is 41.9 Å². The highest BCUT2D eigenvalue weighted by atomic mass is 19.1. The topological polar surface area (TPSA) is 133 Å². The number of amides is 1. The Morgan fingerprint density at radius 3 is 2.51 bits per heavy atom. The van der Waals surface area contributed by atoms with Crippen LogP contribution in [0.2, 0.25) is 0 Å². The Morgan fingerprint density at radius 1 is 1.00 bits per heavy atom. The number of hydrazine groups is 1. The molecule has 4 aromatic rings. The lowest BCUT2D eigenvalue weighted by atomic mass is 10.1. The number of anilines is 4. The first-order valence-electron chi connectivity index (χ1n) is 10.9. The number of H-pyrrole nitrogens is 1. The van der Waals surface area contributed by atoms with E-state index >= 15 is 0 Å². The molecule has 5 rings (SSSR count). The Balaban J connectivity index is 1.17. The largest absolute Gasteiger partial charge is 0.378 e. The molecule has 0 aliphatic carbocycles. The quantitative estimate of drug-likeness (QED) is 0.298. The van der Waals surface area contributed by atoms with Gasteiger partial charge >= 0.3 is 0 Å². The summed E-state index contributed by atoms with van der Waals surface area (Å²) in [5.74, 6) is -0.797. The van der Waals surface area contributed by atoms with Crippen LogP contribution < -0.4 is 21.1 Å². The van der Waals surface area contributed by atoms with Gasteiger partial charge in [-0.1, -0.05) is 12.1 Å². The maximum absolute atomic E-state index is 14.2. The van der Waals surface area contributed by atoms with E-state index in [2.05, 4.69) is 41.3 Å². The Kier molecular flexibility index (Phi) is 6.44. The van der Waals surface area contributed by atoms with Crippen molar-refractivity contribution in [3.8, 4) is 11.3 Å². The number of hydrogen-bond acceptors (Lipinski definition) is 9. The lowest BCUT2D eigenvalue weighted by molar-refractivity contribution is 0.0957. The molecular weight excluding hydrogens is 453 g/mol. The molecule has 0 atom stereocenters. The minimum absolute atomic E-state index is 0.0674. The van der Waals surface area contributed by atoms with Crippen LogP contribution in [0.5, 0.6) is 0 Å². The number of nitrogens with one attached hydrogen (secondary N) is 4. The molecule has 4 heterocycles. The van der Waals surface area contributed by atoms with Crippen LogP contribution in [0, 0.1) is 5.82 Å². The SMILES string of the molecule is O=C(NNc1ncc(F)c(N2CCOCC2)n1)c1ccc(Nc2ccc(-c3cc[nH]n3)cc2)cn1. The van der Waals surface area contributed by atoms with E-state index in [1.54, 1.807) is 29.4 Å². The fourth-order valence-corrected chi connectivity index (χ4v) is 3.51. The lowest BCUT2D eigenvalue weighted by Gasteiger charge is -2.28. The summed E-state index contributed by atoms with van der Waals surface area (Å²) in [5.41, 5.74) is 8.74. The molecule has 4 N–H and O–H groups in total. The van der Waals surface area contributed by atoms with Crippen molar-refractivity contribution in [1.29, 1.82) is 0 Å². The van der Waals surface area contributed by atoms with Gasteiger partial charge in [-0.25, -0.2) is 14.4 Å². The Bertz CT molecular complexity index is 1280. The number of halogens is 1. The van der Waals surface area contributed by atoms with E-state index in [0.29, 0.717) is 26.3 Å². The lowest BCUT2D eigenvalue weighted by Crippen LogP contribution is -2.38. The number of carbonyl (C=O) groups excluding carboxylic acids is 1. The summed E-state index contributed by atoms with van der Waals surface area (Å²) in [5, 5.41) is 10.2. The molecule has 0 bridgehead atoms. The Hall–Kier alpha value is -4.58. The number of aromatic amines is 1. The molecule has 35 heavy (non-hydrogen) atoms. The van der Waals surface area contributed by atoms with E-state index in [4.69, 9.17) is 4.74 Å². The molecule has 11 nitrogen and oxygen atoms in total. The number of pyridine rings is 1. The molecule has 1 fully saturated rings. The smallest absolute Gasteiger partial charge is 0.288 e. The molecule has 3 aromatic heterocycles. The zero-order valence-electron chi connectivity index (χ0n) is 18.5. The van der Waals surface area contributed by atoms with Crippen LogP contribution in [0.4, 0.5) is 27.5 Å². The Morgan fingerprint density at radius 2 is 1.80 bits per heavy atom. The van der Waals surface area contributed by atoms with Crippen LogP contribution in [0.15, 0.2) is 61.1 Å². The highest BCUT2D eigenvalue weighted by Crippen LogP contribution is 2.22. The van der Waals surface area contributed by atoms with Crippen molar-refractivity contribution in [3.05, 3.63) is 72.6 Å². The second-order valence-corrected chi connectivity index (χ2v) is 7.64. The van der Waals surface area contributed by atoms with E-state index in [1.165, 1.54) is 0 Å². The summed E-state index contributed by atoms with van der Waals surface area (Å²) in [6.07, 6.45) is 4.39. The molecular formula is C23H22FN9O2. The normalized spacial score (nSPS) is 13.3. The van der Waals surface area contributed by atoms with Gasteiger partial charge in [0.1, 0.15) is 5.69 Å². The number of aromatic nitrogens is 5. The molecule has 1 amide bonds. The van der Waals surface area contributed by atoms with E-state index in [1.807, 2.05) is 30.3 Å². The number of nitrogens with zero attached hydrogens (tertiary/aromatic N) is 5. The summed E-state index contributed by atoms with van der Waals surface area (Å²) < 4.78 is 19.4. The van der Waals surface area contributed by atoms with Crippen molar-refractivity contribution >= 4 is 29.0 Å². The molecule has 0 saturated carbocycles. The average Bonchev–Trinajstić information content (AvgIpc) is 3.45. The Labute approximate surface area is 199 Å². The van der Waals surface area contributed by atoms with Gasteiger partial charge in [0.15, 0.2) is 11.6 Å². The van der Waals surface area contributed by atoms with Gasteiger partial charge in [0, 0.05) is 30.5 Å². The zero-order chi connectivity index (χ0) is 24.0. The first kappa shape index (κ1) is 22.2. The van der Waals surface area contributed by atoms with E-state index in [-0.39, 0.29) is 17.5 Å². The van der Waals surface area contributed by atoms with Crippen molar-refractivity contribution < 1.29 is 13.9 Å². The fraction of sp³-hybridized carbons (Fsp3) is 0.174.